The summed E-state index contributed by atoms with van der Waals surface area (Å²) in [7, 11) is -1.62. The summed E-state index contributed by atoms with van der Waals surface area (Å²) in [4.78, 5) is 13.4. The van der Waals surface area contributed by atoms with E-state index in [2.05, 4.69) is 0 Å². The second kappa shape index (κ2) is 6.97. The fraction of sp³-hybridized carbons (Fsp3) is 0.278. The first-order valence-corrected chi connectivity index (χ1v) is 9.59. The lowest BCUT2D eigenvalue weighted by atomic mass is 10.00. The molecule has 5 nitrogen and oxygen atoms in total. The van der Waals surface area contributed by atoms with E-state index in [0.29, 0.717) is 24.5 Å². The third-order valence-electron chi connectivity index (χ3n) is 4.39. The highest BCUT2D eigenvalue weighted by molar-refractivity contribution is 7.89. The van der Waals surface area contributed by atoms with Crippen LogP contribution < -0.4 is 4.90 Å². The van der Waals surface area contributed by atoms with Crippen LogP contribution in [0.4, 0.5) is 18.9 Å². The summed E-state index contributed by atoms with van der Waals surface area (Å²) >= 11 is 0. The predicted molar refractivity (Wildman–Crippen MR) is 93.6 cm³/mol. The van der Waals surface area contributed by atoms with Gasteiger partial charge in [-0.15, -0.1) is 0 Å². The van der Waals surface area contributed by atoms with Crippen LogP contribution in [-0.4, -0.2) is 39.3 Å². The zero-order valence-corrected chi connectivity index (χ0v) is 15.5. The van der Waals surface area contributed by atoms with Gasteiger partial charge in [0.2, 0.25) is 10.0 Å². The van der Waals surface area contributed by atoms with E-state index in [-0.39, 0.29) is 17.8 Å². The molecule has 0 fully saturated rings. The lowest BCUT2D eigenvalue weighted by Crippen LogP contribution is -2.36. The van der Waals surface area contributed by atoms with Crippen LogP contribution in [0.2, 0.25) is 0 Å². The highest BCUT2D eigenvalue weighted by Crippen LogP contribution is 2.32. The van der Waals surface area contributed by atoms with E-state index in [4.69, 9.17) is 0 Å². The van der Waals surface area contributed by atoms with Crippen LogP contribution in [0.15, 0.2) is 35.2 Å². The fourth-order valence-electron chi connectivity index (χ4n) is 3.04. The van der Waals surface area contributed by atoms with Crippen LogP contribution in [0.5, 0.6) is 0 Å². The van der Waals surface area contributed by atoms with Crippen molar-refractivity contribution in [3.05, 3.63) is 58.9 Å². The Hall–Kier alpha value is -2.39. The molecular formula is C18H17F3N2O3S. The second-order valence-corrected chi connectivity index (χ2v) is 8.51. The predicted octanol–water partition coefficient (Wildman–Crippen LogP) is 2.95. The number of aryl methyl sites for hydroxylation is 1. The molecule has 0 aromatic heterocycles. The molecular weight excluding hydrogens is 381 g/mol. The van der Waals surface area contributed by atoms with Crippen LogP contribution >= 0.6 is 0 Å². The average Bonchev–Trinajstić information content (AvgIpc) is 2.60. The zero-order chi connectivity index (χ0) is 19.9. The molecule has 0 unspecified atom stereocenters. The van der Waals surface area contributed by atoms with Gasteiger partial charge < -0.3 is 4.90 Å². The van der Waals surface area contributed by atoms with Crippen LogP contribution in [0.3, 0.4) is 0 Å². The van der Waals surface area contributed by atoms with Gasteiger partial charge in [0.15, 0.2) is 0 Å². The maximum Gasteiger partial charge on any atom is 0.258 e. The lowest BCUT2D eigenvalue weighted by Gasteiger charge is -2.30. The first kappa shape index (κ1) is 19.4. The number of benzene rings is 2. The molecule has 0 aliphatic carbocycles. The van der Waals surface area contributed by atoms with Crippen molar-refractivity contribution in [2.24, 2.45) is 0 Å². The van der Waals surface area contributed by atoms with E-state index < -0.39 is 38.3 Å². The van der Waals surface area contributed by atoms with Gasteiger partial charge in [-0.1, -0.05) is 0 Å². The minimum Gasteiger partial charge on any atom is -0.305 e. The lowest BCUT2D eigenvalue weighted by molar-refractivity contribution is 0.0983. The van der Waals surface area contributed by atoms with Gasteiger partial charge >= 0.3 is 0 Å². The highest BCUT2D eigenvalue weighted by atomic mass is 32.2. The van der Waals surface area contributed by atoms with Crippen molar-refractivity contribution in [3.63, 3.8) is 0 Å². The van der Waals surface area contributed by atoms with Gasteiger partial charge in [0.1, 0.15) is 22.3 Å². The van der Waals surface area contributed by atoms with Crippen molar-refractivity contribution in [3.8, 4) is 0 Å². The molecule has 0 atom stereocenters. The normalized spacial score (nSPS) is 14.4. The molecule has 2 aromatic rings. The number of sulfonamides is 1. The molecule has 0 spiro atoms. The smallest absolute Gasteiger partial charge is 0.258 e. The van der Waals surface area contributed by atoms with E-state index in [1.165, 1.54) is 20.2 Å². The molecule has 2 aromatic carbocycles. The average molecular weight is 398 g/mol. The summed E-state index contributed by atoms with van der Waals surface area (Å²) in [5, 5.41) is 0. The second-order valence-electron chi connectivity index (χ2n) is 6.39. The number of carbonyl (C=O) groups is 1. The molecule has 0 radical (unpaired) electrons. The maximum absolute atomic E-state index is 14.3. The number of halogens is 3. The molecule has 144 valence electrons. The maximum atomic E-state index is 14.3. The van der Waals surface area contributed by atoms with E-state index >= 15 is 0 Å². The van der Waals surface area contributed by atoms with Gasteiger partial charge in [0.25, 0.3) is 5.91 Å². The number of nitrogens with zero attached hydrogens (tertiary/aromatic N) is 2. The highest BCUT2D eigenvalue weighted by Gasteiger charge is 2.29. The molecule has 1 heterocycles. The van der Waals surface area contributed by atoms with E-state index in [0.717, 1.165) is 27.4 Å². The van der Waals surface area contributed by atoms with E-state index in [1.807, 2.05) is 0 Å². The molecule has 0 N–H and O–H groups in total. The molecule has 1 aliphatic rings. The quantitative estimate of drug-likeness (QED) is 0.799. The fourth-order valence-corrected chi connectivity index (χ4v) is 4.02. The number of hydrogen-bond acceptors (Lipinski definition) is 3. The Labute approximate surface area is 155 Å². The third kappa shape index (κ3) is 3.44. The number of anilines is 1. The van der Waals surface area contributed by atoms with E-state index in [1.54, 1.807) is 0 Å². The van der Waals surface area contributed by atoms with Gasteiger partial charge in [0.05, 0.1) is 5.69 Å². The number of amides is 1. The number of rotatable bonds is 3. The largest absolute Gasteiger partial charge is 0.305 e. The molecule has 9 heteroatoms. The van der Waals surface area contributed by atoms with Crippen LogP contribution in [0, 0.1) is 17.5 Å². The standard InChI is InChI=1S/C18H17F3N2O3S/c1-22(2)27(25,26)16-9-12(5-6-14(16)20)18(24)23-7-3-4-11-8-13(19)10-15(21)17(11)23/h5-6,8-10H,3-4,7H2,1-2H3. The summed E-state index contributed by atoms with van der Waals surface area (Å²) in [6, 6.07) is 4.82. The molecule has 3 rings (SSSR count). The molecule has 1 amide bonds. The van der Waals surface area contributed by atoms with Crippen molar-refractivity contribution in [2.75, 3.05) is 25.5 Å². The SMILES string of the molecule is CN(C)S(=O)(=O)c1cc(C(=O)N2CCCc3cc(F)cc(F)c32)ccc1F. The van der Waals surface area contributed by atoms with Crippen molar-refractivity contribution in [2.45, 2.75) is 17.7 Å². The minimum atomic E-state index is -4.10. The summed E-state index contributed by atoms with van der Waals surface area (Å²) in [6.07, 6.45) is 0.906. The van der Waals surface area contributed by atoms with E-state index in [9.17, 15) is 26.4 Å². The van der Waals surface area contributed by atoms with Gasteiger partial charge in [-0.05, 0) is 42.7 Å². The van der Waals surface area contributed by atoms with Gasteiger partial charge in [0, 0.05) is 32.3 Å². The first-order chi connectivity index (χ1) is 12.6. The Morgan fingerprint density at radius 1 is 1.07 bits per heavy atom. The van der Waals surface area contributed by atoms with Crippen LogP contribution in [-0.2, 0) is 16.4 Å². The van der Waals surface area contributed by atoms with Crippen molar-refractivity contribution < 1.29 is 26.4 Å². The molecule has 0 saturated heterocycles. The van der Waals surface area contributed by atoms with Crippen LogP contribution in [0.25, 0.3) is 0 Å². The Bertz CT molecular complexity index is 1020. The first-order valence-electron chi connectivity index (χ1n) is 8.15. The monoisotopic (exact) mass is 398 g/mol. The number of fused-ring (bicyclic) bond motifs is 1. The Balaban J connectivity index is 2.07. The van der Waals surface area contributed by atoms with Gasteiger partial charge in [-0.2, -0.15) is 0 Å². The summed E-state index contributed by atoms with van der Waals surface area (Å²) < 4.78 is 67.1. The summed E-state index contributed by atoms with van der Waals surface area (Å²) in [6.45, 7) is 0.182. The molecule has 0 saturated carbocycles. The van der Waals surface area contributed by atoms with Crippen molar-refractivity contribution in [1.82, 2.24) is 4.31 Å². The summed E-state index contributed by atoms with van der Waals surface area (Å²) in [5.74, 6) is -3.28. The molecule has 1 aliphatic heterocycles. The summed E-state index contributed by atoms with van der Waals surface area (Å²) in [5.41, 5.74) is 0.220. The van der Waals surface area contributed by atoms with Gasteiger partial charge in [-0.3, -0.25) is 4.79 Å². The molecule has 27 heavy (non-hydrogen) atoms. The molecule has 0 bridgehead atoms. The number of carbonyl (C=O) groups excluding carboxylic acids is 1. The zero-order valence-electron chi connectivity index (χ0n) is 14.7. The Morgan fingerprint density at radius 2 is 1.78 bits per heavy atom. The Morgan fingerprint density at radius 3 is 2.44 bits per heavy atom. The van der Waals surface area contributed by atoms with Gasteiger partial charge in [-0.25, -0.2) is 25.9 Å². The number of hydrogen-bond donors (Lipinski definition) is 0. The topological polar surface area (TPSA) is 57.7 Å². The minimum absolute atomic E-state index is 0.0333. The van der Waals surface area contributed by atoms with Crippen molar-refractivity contribution in [1.29, 1.82) is 0 Å². The third-order valence-corrected chi connectivity index (χ3v) is 6.22. The van der Waals surface area contributed by atoms with Crippen LogP contribution in [0.1, 0.15) is 22.3 Å². The Kier molecular flexibility index (Phi) is 5.00. The van der Waals surface area contributed by atoms with Crippen molar-refractivity contribution >= 4 is 21.6 Å².